The Kier molecular flexibility index (Phi) is 2.61. The molecule has 1 aromatic heterocycles. The lowest BCUT2D eigenvalue weighted by Gasteiger charge is -2.20. The van der Waals surface area contributed by atoms with E-state index < -0.39 is 0 Å². The van der Waals surface area contributed by atoms with Gasteiger partial charge in [0.1, 0.15) is 5.82 Å². The highest BCUT2D eigenvalue weighted by Gasteiger charge is 2.72. The Balaban J connectivity index is 1.82. The van der Waals surface area contributed by atoms with Crippen LogP contribution in [0.2, 0.25) is 0 Å². The average Bonchev–Trinajstić information content (AvgIpc) is 2.85. The van der Waals surface area contributed by atoms with Crippen molar-refractivity contribution in [2.75, 3.05) is 12.4 Å². The first-order valence-electron chi connectivity index (χ1n) is 6.74. The number of piperidine rings is 1. The fourth-order valence-electron chi connectivity index (χ4n) is 3.13. The Morgan fingerprint density at radius 3 is 2.40 bits per heavy atom. The van der Waals surface area contributed by atoms with Crippen molar-refractivity contribution in [1.29, 1.82) is 0 Å². The van der Waals surface area contributed by atoms with E-state index in [4.69, 9.17) is 0 Å². The van der Waals surface area contributed by atoms with Gasteiger partial charge < -0.3 is 5.32 Å². The minimum Gasteiger partial charge on any atom is -0.373 e. The van der Waals surface area contributed by atoms with Crippen molar-refractivity contribution in [2.24, 2.45) is 17.3 Å². The van der Waals surface area contributed by atoms with Gasteiger partial charge in [-0.05, 0) is 12.3 Å². The van der Waals surface area contributed by atoms with Crippen LogP contribution < -0.4 is 5.32 Å². The second-order valence-electron chi connectivity index (χ2n) is 6.10. The molecule has 2 amide bonds. The minimum absolute atomic E-state index is 0.0823. The zero-order valence-electron chi connectivity index (χ0n) is 12.1. The lowest BCUT2D eigenvalue weighted by atomic mass is 10.1. The molecule has 1 saturated carbocycles. The minimum atomic E-state index is -0.172. The molecule has 6 heteroatoms. The molecule has 0 spiro atoms. The molecule has 2 unspecified atom stereocenters. The van der Waals surface area contributed by atoms with Crippen molar-refractivity contribution in [2.45, 2.75) is 27.3 Å². The van der Waals surface area contributed by atoms with E-state index in [9.17, 15) is 9.59 Å². The highest BCUT2D eigenvalue weighted by atomic mass is 16.2. The predicted octanol–water partition coefficient (Wildman–Crippen LogP) is 0.968. The third-order valence-electron chi connectivity index (χ3n) is 4.35. The number of nitrogens with one attached hydrogen (secondary N) is 1. The van der Waals surface area contributed by atoms with Gasteiger partial charge in [-0.15, -0.1) is 0 Å². The Labute approximate surface area is 117 Å². The summed E-state index contributed by atoms with van der Waals surface area (Å²) in [6.45, 7) is 5.97. The van der Waals surface area contributed by atoms with Crippen LogP contribution in [0.3, 0.4) is 0 Å². The zero-order valence-corrected chi connectivity index (χ0v) is 12.1. The molecule has 1 aromatic rings. The number of carbonyl (C=O) groups is 2. The van der Waals surface area contributed by atoms with Gasteiger partial charge in [0, 0.05) is 18.8 Å². The molecule has 20 heavy (non-hydrogen) atoms. The number of aryl methyl sites for hydroxylation is 1. The summed E-state index contributed by atoms with van der Waals surface area (Å²) in [5.74, 6) is 0.724. The molecule has 1 saturated heterocycles. The van der Waals surface area contributed by atoms with Crippen molar-refractivity contribution in [1.82, 2.24) is 14.9 Å². The molecule has 0 aromatic carbocycles. The van der Waals surface area contributed by atoms with E-state index in [-0.39, 0.29) is 35.6 Å². The molecule has 0 bridgehead atoms. The number of nitrogens with zero attached hydrogens (tertiary/aromatic N) is 3. The number of fused-ring (bicyclic) bond motifs is 1. The van der Waals surface area contributed by atoms with Crippen LogP contribution in [0.5, 0.6) is 0 Å². The number of hydrogen-bond acceptors (Lipinski definition) is 5. The van der Waals surface area contributed by atoms with Gasteiger partial charge in [0.05, 0.1) is 18.4 Å². The fourth-order valence-corrected chi connectivity index (χ4v) is 3.13. The summed E-state index contributed by atoms with van der Waals surface area (Å²) >= 11 is 0. The highest BCUT2D eigenvalue weighted by molar-refractivity contribution is 6.10. The highest BCUT2D eigenvalue weighted by Crippen LogP contribution is 2.63. The number of aromatic nitrogens is 2. The maximum atomic E-state index is 12.3. The number of anilines is 1. The van der Waals surface area contributed by atoms with Gasteiger partial charge in [-0.2, -0.15) is 0 Å². The Hall–Kier alpha value is -1.98. The largest absolute Gasteiger partial charge is 0.373 e. The molecule has 1 aliphatic heterocycles. The van der Waals surface area contributed by atoms with E-state index in [2.05, 4.69) is 15.3 Å². The molecule has 2 heterocycles. The van der Waals surface area contributed by atoms with E-state index in [1.54, 1.807) is 7.05 Å². The zero-order chi connectivity index (χ0) is 14.7. The van der Waals surface area contributed by atoms with Gasteiger partial charge in [-0.3, -0.25) is 14.5 Å². The van der Waals surface area contributed by atoms with Crippen LogP contribution in [0, 0.1) is 24.2 Å². The molecule has 1 N–H and O–H groups in total. The van der Waals surface area contributed by atoms with Crippen LogP contribution in [0.25, 0.3) is 0 Å². The van der Waals surface area contributed by atoms with Crippen LogP contribution in [-0.4, -0.2) is 33.7 Å². The molecule has 2 aliphatic rings. The Morgan fingerprint density at radius 2 is 1.85 bits per heavy atom. The summed E-state index contributed by atoms with van der Waals surface area (Å²) in [4.78, 5) is 34.4. The van der Waals surface area contributed by atoms with E-state index in [1.165, 1.54) is 4.90 Å². The second-order valence-corrected chi connectivity index (χ2v) is 6.10. The topological polar surface area (TPSA) is 75.2 Å². The smallest absolute Gasteiger partial charge is 0.234 e. The summed E-state index contributed by atoms with van der Waals surface area (Å²) in [5.41, 5.74) is 0.637. The standard InChI is InChI=1S/C14H18N4O2/c1-7-5-8(15-4)17-9(16-7)6-18-12(19)10-11(13(18)20)14(10,2)3/h5,10-11H,6H2,1-4H3,(H,15,16,17). The van der Waals surface area contributed by atoms with Gasteiger partial charge in [0.25, 0.3) is 0 Å². The van der Waals surface area contributed by atoms with E-state index in [0.29, 0.717) is 11.6 Å². The SMILES string of the molecule is CNc1cc(C)nc(CN2C(=O)C3C(C2=O)C3(C)C)n1. The number of likely N-dealkylation sites (tertiary alicyclic amines) is 1. The number of hydrogen-bond donors (Lipinski definition) is 1. The van der Waals surface area contributed by atoms with E-state index in [0.717, 1.165) is 5.69 Å². The third-order valence-corrected chi connectivity index (χ3v) is 4.35. The van der Waals surface area contributed by atoms with Gasteiger partial charge >= 0.3 is 0 Å². The molecule has 3 rings (SSSR count). The van der Waals surface area contributed by atoms with Crippen molar-refractivity contribution in [3.63, 3.8) is 0 Å². The van der Waals surface area contributed by atoms with E-state index >= 15 is 0 Å². The van der Waals surface area contributed by atoms with Gasteiger partial charge in [0.2, 0.25) is 11.8 Å². The number of carbonyl (C=O) groups excluding carboxylic acids is 2. The van der Waals surface area contributed by atoms with Crippen LogP contribution in [0.15, 0.2) is 6.07 Å². The summed E-state index contributed by atoms with van der Waals surface area (Å²) in [6.07, 6.45) is 0. The lowest BCUT2D eigenvalue weighted by Crippen LogP contribution is -2.36. The van der Waals surface area contributed by atoms with Crippen molar-refractivity contribution in [3.8, 4) is 0 Å². The third kappa shape index (κ3) is 1.71. The molecular formula is C14H18N4O2. The molecule has 0 radical (unpaired) electrons. The summed E-state index contributed by atoms with van der Waals surface area (Å²) in [5, 5.41) is 2.95. The quantitative estimate of drug-likeness (QED) is 0.831. The number of rotatable bonds is 3. The molecule has 2 fully saturated rings. The average molecular weight is 274 g/mol. The Morgan fingerprint density at radius 1 is 1.25 bits per heavy atom. The van der Waals surface area contributed by atoms with Crippen molar-refractivity contribution >= 4 is 17.6 Å². The van der Waals surface area contributed by atoms with Gasteiger partial charge in [0.15, 0.2) is 5.82 Å². The number of imide groups is 1. The second kappa shape index (κ2) is 4.01. The molecule has 2 atom stereocenters. The first-order valence-corrected chi connectivity index (χ1v) is 6.74. The van der Waals surface area contributed by atoms with Crippen LogP contribution in [0.4, 0.5) is 5.82 Å². The summed E-state index contributed by atoms with van der Waals surface area (Å²) in [6, 6.07) is 1.82. The van der Waals surface area contributed by atoms with Crippen LogP contribution in [0.1, 0.15) is 25.4 Å². The number of amides is 2. The molecule has 1 aliphatic carbocycles. The van der Waals surface area contributed by atoms with Crippen LogP contribution >= 0.6 is 0 Å². The summed E-state index contributed by atoms with van der Waals surface area (Å²) < 4.78 is 0. The van der Waals surface area contributed by atoms with Gasteiger partial charge in [-0.25, -0.2) is 9.97 Å². The van der Waals surface area contributed by atoms with Gasteiger partial charge in [-0.1, -0.05) is 13.8 Å². The molecule has 106 valence electrons. The maximum Gasteiger partial charge on any atom is 0.234 e. The van der Waals surface area contributed by atoms with Crippen molar-refractivity contribution in [3.05, 3.63) is 17.6 Å². The Bertz CT molecular complexity index is 587. The predicted molar refractivity (Wildman–Crippen MR) is 72.6 cm³/mol. The maximum absolute atomic E-state index is 12.3. The van der Waals surface area contributed by atoms with E-state index in [1.807, 2.05) is 26.8 Å². The monoisotopic (exact) mass is 274 g/mol. The van der Waals surface area contributed by atoms with Crippen LogP contribution in [-0.2, 0) is 16.1 Å². The molecular weight excluding hydrogens is 256 g/mol. The normalized spacial score (nSPS) is 26.7. The first-order chi connectivity index (χ1) is 9.36. The lowest BCUT2D eigenvalue weighted by molar-refractivity contribution is -0.143. The fraction of sp³-hybridized carbons (Fsp3) is 0.571. The first kappa shape index (κ1) is 13.0. The summed E-state index contributed by atoms with van der Waals surface area (Å²) in [7, 11) is 1.77. The molecule has 6 nitrogen and oxygen atoms in total. The van der Waals surface area contributed by atoms with Crippen molar-refractivity contribution < 1.29 is 9.59 Å².